The minimum atomic E-state index is -4.35. The van der Waals surface area contributed by atoms with Crippen LogP contribution in [0.4, 0.5) is 13.2 Å². The molecule has 0 saturated carbocycles. The molecule has 0 amide bonds. The van der Waals surface area contributed by atoms with Gasteiger partial charge < -0.3 is 4.74 Å². The fourth-order valence-corrected chi connectivity index (χ4v) is 1.77. The van der Waals surface area contributed by atoms with Crippen molar-refractivity contribution in [3.05, 3.63) is 46.4 Å². The average molecular weight is 259 g/mol. The van der Waals surface area contributed by atoms with E-state index in [-0.39, 0.29) is 12.4 Å². The van der Waals surface area contributed by atoms with Gasteiger partial charge in [0.1, 0.15) is 12.4 Å². The molecule has 0 aliphatic carbocycles. The number of rotatable bonds is 3. The zero-order valence-electron chi connectivity index (χ0n) is 8.57. The van der Waals surface area contributed by atoms with Crippen LogP contribution in [0.5, 0.6) is 5.75 Å². The number of aromatic nitrogens is 1. The summed E-state index contributed by atoms with van der Waals surface area (Å²) in [5, 5.41) is 1.79. The summed E-state index contributed by atoms with van der Waals surface area (Å²) in [6.45, 7) is 0.171. The molecule has 2 aromatic rings. The summed E-state index contributed by atoms with van der Waals surface area (Å²) in [7, 11) is 0. The topological polar surface area (TPSA) is 22.1 Å². The van der Waals surface area contributed by atoms with Crippen LogP contribution >= 0.6 is 11.3 Å². The molecule has 1 aromatic carbocycles. The van der Waals surface area contributed by atoms with Crippen molar-refractivity contribution in [2.45, 2.75) is 12.8 Å². The van der Waals surface area contributed by atoms with Gasteiger partial charge in [-0.3, -0.25) is 0 Å². The number of alkyl halides is 3. The molecular formula is C11H8F3NOS. The third-order valence-electron chi connectivity index (χ3n) is 2.03. The number of ether oxygens (including phenoxy) is 1. The normalized spacial score (nSPS) is 11.5. The van der Waals surface area contributed by atoms with E-state index in [1.165, 1.54) is 23.5 Å². The minimum Gasteiger partial charge on any atom is -0.487 e. The van der Waals surface area contributed by atoms with Crippen LogP contribution in [0.3, 0.4) is 0 Å². The number of nitrogens with zero attached hydrogens (tertiary/aromatic N) is 1. The summed E-state index contributed by atoms with van der Waals surface area (Å²) >= 11 is 1.41. The second kappa shape index (κ2) is 4.75. The molecular weight excluding hydrogens is 251 g/mol. The fraction of sp³-hybridized carbons (Fsp3) is 0.182. The molecule has 0 saturated heterocycles. The SMILES string of the molecule is FC(F)(F)c1cccc(OCc2cscn2)c1. The van der Waals surface area contributed by atoms with Crippen molar-refractivity contribution >= 4 is 11.3 Å². The zero-order valence-corrected chi connectivity index (χ0v) is 9.39. The Balaban J connectivity index is 2.07. The van der Waals surface area contributed by atoms with E-state index in [1.807, 2.05) is 0 Å². The molecule has 0 spiro atoms. The van der Waals surface area contributed by atoms with Gasteiger partial charge in [-0.2, -0.15) is 13.2 Å². The van der Waals surface area contributed by atoms with Crippen molar-refractivity contribution in [3.63, 3.8) is 0 Å². The summed E-state index contributed by atoms with van der Waals surface area (Å²) in [5.74, 6) is 0.188. The molecule has 1 heterocycles. The summed E-state index contributed by atoms with van der Waals surface area (Å²) in [6.07, 6.45) is -4.35. The van der Waals surface area contributed by atoms with Crippen molar-refractivity contribution in [2.75, 3.05) is 0 Å². The van der Waals surface area contributed by atoms with E-state index in [2.05, 4.69) is 4.98 Å². The maximum Gasteiger partial charge on any atom is 0.416 e. The van der Waals surface area contributed by atoms with Crippen LogP contribution in [0.2, 0.25) is 0 Å². The molecule has 6 heteroatoms. The molecule has 0 atom stereocenters. The molecule has 17 heavy (non-hydrogen) atoms. The van der Waals surface area contributed by atoms with Gasteiger partial charge in [0, 0.05) is 5.38 Å². The van der Waals surface area contributed by atoms with Gasteiger partial charge in [-0.15, -0.1) is 11.3 Å². The first kappa shape index (κ1) is 11.9. The van der Waals surface area contributed by atoms with Crippen LogP contribution in [0, 0.1) is 0 Å². The van der Waals surface area contributed by atoms with Crippen molar-refractivity contribution in [1.82, 2.24) is 4.98 Å². The Labute approximate surface area is 99.7 Å². The van der Waals surface area contributed by atoms with Crippen LogP contribution in [0.15, 0.2) is 35.2 Å². The highest BCUT2D eigenvalue weighted by atomic mass is 32.1. The van der Waals surface area contributed by atoms with Gasteiger partial charge in [-0.05, 0) is 18.2 Å². The number of halogens is 3. The van der Waals surface area contributed by atoms with E-state index >= 15 is 0 Å². The van der Waals surface area contributed by atoms with Gasteiger partial charge in [0.15, 0.2) is 0 Å². The van der Waals surface area contributed by atoms with Crippen LogP contribution < -0.4 is 4.74 Å². The average Bonchev–Trinajstić information content (AvgIpc) is 2.78. The smallest absolute Gasteiger partial charge is 0.416 e. The van der Waals surface area contributed by atoms with Crippen molar-refractivity contribution in [2.24, 2.45) is 0 Å². The molecule has 1 aromatic heterocycles. The van der Waals surface area contributed by atoms with Crippen LogP contribution in [0.1, 0.15) is 11.3 Å². The Bertz CT molecular complexity index is 482. The van der Waals surface area contributed by atoms with Gasteiger partial charge in [-0.25, -0.2) is 4.98 Å². The number of hydrogen-bond donors (Lipinski definition) is 0. The van der Waals surface area contributed by atoms with E-state index in [4.69, 9.17) is 4.74 Å². The first-order valence-electron chi connectivity index (χ1n) is 4.73. The lowest BCUT2D eigenvalue weighted by atomic mass is 10.2. The van der Waals surface area contributed by atoms with Gasteiger partial charge in [0.05, 0.1) is 16.8 Å². The van der Waals surface area contributed by atoms with E-state index in [0.29, 0.717) is 5.69 Å². The predicted molar refractivity (Wildman–Crippen MR) is 57.9 cm³/mol. The Morgan fingerprint density at radius 1 is 1.29 bits per heavy atom. The quantitative estimate of drug-likeness (QED) is 0.837. The lowest BCUT2D eigenvalue weighted by Crippen LogP contribution is -2.05. The summed E-state index contributed by atoms with van der Waals surface area (Å²) in [6, 6.07) is 4.79. The molecule has 2 nitrogen and oxygen atoms in total. The molecule has 0 unspecified atom stereocenters. The summed E-state index contributed by atoms with van der Waals surface area (Å²) in [5.41, 5.74) is 1.63. The van der Waals surface area contributed by atoms with Crippen molar-refractivity contribution in [1.29, 1.82) is 0 Å². The fourth-order valence-electron chi connectivity index (χ4n) is 1.23. The van der Waals surface area contributed by atoms with E-state index in [1.54, 1.807) is 10.9 Å². The van der Waals surface area contributed by atoms with Crippen LogP contribution in [-0.4, -0.2) is 4.98 Å². The van der Waals surface area contributed by atoms with E-state index in [0.717, 1.165) is 12.1 Å². The number of thiazole rings is 1. The standard InChI is InChI=1S/C11H8F3NOS/c12-11(13,14)8-2-1-3-10(4-8)16-5-9-6-17-7-15-9/h1-4,6-7H,5H2. The summed E-state index contributed by atoms with van der Waals surface area (Å²) in [4.78, 5) is 3.97. The van der Waals surface area contributed by atoms with Gasteiger partial charge >= 0.3 is 6.18 Å². The molecule has 0 aliphatic heterocycles. The maximum atomic E-state index is 12.4. The van der Waals surface area contributed by atoms with Crippen LogP contribution in [-0.2, 0) is 12.8 Å². The molecule has 0 fully saturated rings. The highest BCUT2D eigenvalue weighted by molar-refractivity contribution is 7.07. The molecule has 2 rings (SSSR count). The predicted octanol–water partition coefficient (Wildman–Crippen LogP) is 3.74. The highest BCUT2D eigenvalue weighted by Gasteiger charge is 2.30. The van der Waals surface area contributed by atoms with Gasteiger partial charge in [0.2, 0.25) is 0 Å². The number of hydrogen-bond acceptors (Lipinski definition) is 3. The molecule has 90 valence electrons. The zero-order chi connectivity index (χ0) is 12.3. The lowest BCUT2D eigenvalue weighted by molar-refractivity contribution is -0.137. The largest absolute Gasteiger partial charge is 0.487 e. The lowest BCUT2D eigenvalue weighted by Gasteiger charge is -2.09. The van der Waals surface area contributed by atoms with Gasteiger partial charge in [0.25, 0.3) is 0 Å². The van der Waals surface area contributed by atoms with Crippen molar-refractivity contribution in [3.8, 4) is 5.75 Å². The van der Waals surface area contributed by atoms with E-state index in [9.17, 15) is 13.2 Å². The van der Waals surface area contributed by atoms with E-state index < -0.39 is 11.7 Å². The Morgan fingerprint density at radius 2 is 2.12 bits per heavy atom. The van der Waals surface area contributed by atoms with Crippen molar-refractivity contribution < 1.29 is 17.9 Å². The Hall–Kier alpha value is -1.56. The third kappa shape index (κ3) is 3.20. The molecule has 0 bridgehead atoms. The first-order valence-corrected chi connectivity index (χ1v) is 5.67. The monoisotopic (exact) mass is 259 g/mol. The second-order valence-electron chi connectivity index (χ2n) is 3.29. The highest BCUT2D eigenvalue weighted by Crippen LogP contribution is 2.31. The second-order valence-corrected chi connectivity index (χ2v) is 4.01. The van der Waals surface area contributed by atoms with Gasteiger partial charge in [-0.1, -0.05) is 6.07 Å². The molecule has 0 N–H and O–H groups in total. The Morgan fingerprint density at radius 3 is 2.76 bits per heavy atom. The Kier molecular flexibility index (Phi) is 3.33. The molecule has 0 radical (unpaired) electrons. The summed E-state index contributed by atoms with van der Waals surface area (Å²) < 4.78 is 42.5. The third-order valence-corrected chi connectivity index (χ3v) is 2.67. The maximum absolute atomic E-state index is 12.4. The van der Waals surface area contributed by atoms with Crippen LogP contribution in [0.25, 0.3) is 0 Å². The first-order chi connectivity index (χ1) is 8.05. The number of benzene rings is 1. The minimum absolute atomic E-state index is 0.171. The molecule has 0 aliphatic rings.